The van der Waals surface area contributed by atoms with Crippen molar-refractivity contribution >= 4 is 16.7 Å². The zero-order chi connectivity index (χ0) is 16.4. The molecule has 3 aromatic rings. The average Bonchev–Trinajstić information content (AvgIpc) is 2.56. The number of para-hydroxylation sites is 1. The van der Waals surface area contributed by atoms with E-state index in [2.05, 4.69) is 9.97 Å². The van der Waals surface area contributed by atoms with E-state index in [-0.39, 0.29) is 0 Å². The van der Waals surface area contributed by atoms with E-state index in [9.17, 15) is 9.59 Å². The van der Waals surface area contributed by atoms with Crippen molar-refractivity contribution in [3.8, 4) is 11.5 Å². The Bertz CT molecular complexity index is 945. The van der Waals surface area contributed by atoms with Crippen LogP contribution in [0.3, 0.4) is 0 Å². The lowest BCUT2D eigenvalue weighted by Gasteiger charge is -2.21. The second kappa shape index (κ2) is 6.00. The van der Waals surface area contributed by atoms with E-state index < -0.39 is 11.1 Å². The molecule has 0 aliphatic heterocycles. The molecule has 0 aliphatic carbocycles. The monoisotopic (exact) mass is 311 g/mol. The van der Waals surface area contributed by atoms with Gasteiger partial charge in [-0.1, -0.05) is 18.2 Å². The first-order valence-corrected chi connectivity index (χ1v) is 7.33. The molecule has 6 heteroatoms. The van der Waals surface area contributed by atoms with E-state index in [4.69, 9.17) is 4.74 Å². The standard InChI is InChI=1S/C17H17N3O3/c1-3-20(2)14-9-12-13(19-17(22)16(21)18-12)10-15(14)23-11-7-5-4-6-8-11/h4-10H,3H2,1-2H3,(H,18,21)(H,19,22). The normalized spacial score (nSPS) is 10.7. The van der Waals surface area contributed by atoms with Gasteiger partial charge in [0.15, 0.2) is 5.75 Å². The van der Waals surface area contributed by atoms with Crippen LogP contribution in [0.25, 0.3) is 11.0 Å². The van der Waals surface area contributed by atoms with E-state index >= 15 is 0 Å². The SMILES string of the molecule is CCN(C)c1cc2[nH]c(=O)c(=O)[nH]c2cc1Oc1ccccc1. The Labute approximate surface area is 132 Å². The summed E-state index contributed by atoms with van der Waals surface area (Å²) >= 11 is 0. The number of fused-ring (bicyclic) bond motifs is 1. The van der Waals surface area contributed by atoms with Crippen LogP contribution in [0, 0.1) is 0 Å². The van der Waals surface area contributed by atoms with Crippen LogP contribution in [0.5, 0.6) is 11.5 Å². The largest absolute Gasteiger partial charge is 0.455 e. The Morgan fingerprint density at radius 1 is 1.00 bits per heavy atom. The number of benzene rings is 2. The van der Waals surface area contributed by atoms with Crippen LogP contribution in [0.2, 0.25) is 0 Å². The Balaban J connectivity index is 2.18. The van der Waals surface area contributed by atoms with Crippen LogP contribution < -0.4 is 20.8 Å². The summed E-state index contributed by atoms with van der Waals surface area (Å²) in [6.45, 7) is 2.79. The summed E-state index contributed by atoms with van der Waals surface area (Å²) < 4.78 is 5.95. The van der Waals surface area contributed by atoms with Gasteiger partial charge in [0, 0.05) is 19.7 Å². The number of hydrogen-bond donors (Lipinski definition) is 2. The van der Waals surface area contributed by atoms with Crippen LogP contribution in [0.4, 0.5) is 5.69 Å². The van der Waals surface area contributed by atoms with Crippen molar-refractivity contribution in [3.05, 3.63) is 63.2 Å². The molecule has 0 atom stereocenters. The van der Waals surface area contributed by atoms with E-state index in [0.717, 1.165) is 12.2 Å². The molecule has 23 heavy (non-hydrogen) atoms. The highest BCUT2D eigenvalue weighted by Gasteiger charge is 2.12. The molecule has 1 aromatic heterocycles. The fraction of sp³-hybridized carbons (Fsp3) is 0.176. The van der Waals surface area contributed by atoms with Crippen molar-refractivity contribution in [2.75, 3.05) is 18.5 Å². The fourth-order valence-electron chi connectivity index (χ4n) is 2.30. The Morgan fingerprint density at radius 2 is 1.61 bits per heavy atom. The van der Waals surface area contributed by atoms with Crippen molar-refractivity contribution in [1.29, 1.82) is 0 Å². The summed E-state index contributed by atoms with van der Waals surface area (Å²) in [4.78, 5) is 30.2. The third-order valence-corrected chi connectivity index (χ3v) is 3.66. The van der Waals surface area contributed by atoms with Crippen molar-refractivity contribution in [2.45, 2.75) is 6.92 Å². The Morgan fingerprint density at radius 3 is 2.22 bits per heavy atom. The second-order valence-corrected chi connectivity index (χ2v) is 5.20. The van der Waals surface area contributed by atoms with Gasteiger partial charge in [-0.2, -0.15) is 0 Å². The molecule has 118 valence electrons. The first-order chi connectivity index (χ1) is 11.1. The quantitative estimate of drug-likeness (QED) is 0.726. The summed E-state index contributed by atoms with van der Waals surface area (Å²) in [5.74, 6) is 1.31. The van der Waals surface area contributed by atoms with Crippen LogP contribution in [0.15, 0.2) is 52.1 Å². The molecular formula is C17H17N3O3. The molecule has 0 spiro atoms. The van der Waals surface area contributed by atoms with Gasteiger partial charge >= 0.3 is 11.1 Å². The lowest BCUT2D eigenvalue weighted by molar-refractivity contribution is 0.483. The molecule has 6 nitrogen and oxygen atoms in total. The number of H-pyrrole nitrogens is 2. The Kier molecular flexibility index (Phi) is 3.89. The molecule has 0 radical (unpaired) electrons. The molecule has 0 bridgehead atoms. The van der Waals surface area contributed by atoms with E-state index in [1.54, 1.807) is 12.1 Å². The number of ether oxygens (including phenoxy) is 1. The molecule has 2 N–H and O–H groups in total. The molecule has 0 amide bonds. The van der Waals surface area contributed by atoms with Gasteiger partial charge in [-0.05, 0) is 25.1 Å². The van der Waals surface area contributed by atoms with Gasteiger partial charge in [-0.3, -0.25) is 9.59 Å². The maximum Gasteiger partial charge on any atom is 0.314 e. The molecular weight excluding hydrogens is 294 g/mol. The van der Waals surface area contributed by atoms with E-state index in [1.807, 2.05) is 49.2 Å². The van der Waals surface area contributed by atoms with E-state index in [0.29, 0.717) is 22.5 Å². The zero-order valence-corrected chi connectivity index (χ0v) is 12.9. The topological polar surface area (TPSA) is 78.2 Å². The minimum atomic E-state index is -0.681. The first kappa shape index (κ1) is 14.9. The molecule has 0 saturated heterocycles. The number of rotatable bonds is 4. The summed E-state index contributed by atoms with van der Waals surface area (Å²) in [7, 11) is 1.93. The predicted octanol–water partition coefficient (Wildman–Crippen LogP) is 2.46. The molecule has 1 heterocycles. The lowest BCUT2D eigenvalue weighted by Crippen LogP contribution is -2.29. The van der Waals surface area contributed by atoms with Gasteiger partial charge in [0.05, 0.1) is 16.7 Å². The van der Waals surface area contributed by atoms with Crippen LogP contribution >= 0.6 is 0 Å². The van der Waals surface area contributed by atoms with Crippen molar-refractivity contribution < 1.29 is 4.74 Å². The molecule has 0 fully saturated rings. The smallest absolute Gasteiger partial charge is 0.314 e. The number of nitrogens with one attached hydrogen (secondary N) is 2. The van der Waals surface area contributed by atoms with Crippen LogP contribution in [0.1, 0.15) is 6.92 Å². The van der Waals surface area contributed by atoms with Gasteiger partial charge in [0.2, 0.25) is 0 Å². The molecule has 0 aliphatic rings. The van der Waals surface area contributed by atoms with Gasteiger partial charge in [-0.25, -0.2) is 0 Å². The lowest BCUT2D eigenvalue weighted by atomic mass is 10.2. The summed E-state index contributed by atoms with van der Waals surface area (Å²) in [5.41, 5.74) is 0.560. The highest BCUT2D eigenvalue weighted by molar-refractivity contribution is 5.83. The molecule has 2 aromatic carbocycles. The number of anilines is 1. The van der Waals surface area contributed by atoms with Crippen LogP contribution in [-0.4, -0.2) is 23.6 Å². The second-order valence-electron chi connectivity index (χ2n) is 5.20. The maximum absolute atomic E-state index is 11.5. The van der Waals surface area contributed by atoms with Gasteiger partial charge in [0.1, 0.15) is 5.75 Å². The maximum atomic E-state index is 11.5. The summed E-state index contributed by atoms with van der Waals surface area (Å²) in [5, 5.41) is 0. The third kappa shape index (κ3) is 2.96. The average molecular weight is 311 g/mol. The Hall–Kier alpha value is -3.02. The van der Waals surface area contributed by atoms with Crippen LogP contribution in [-0.2, 0) is 0 Å². The van der Waals surface area contributed by atoms with Crippen molar-refractivity contribution in [3.63, 3.8) is 0 Å². The zero-order valence-electron chi connectivity index (χ0n) is 12.9. The van der Waals surface area contributed by atoms with Crippen molar-refractivity contribution in [2.24, 2.45) is 0 Å². The first-order valence-electron chi connectivity index (χ1n) is 7.33. The molecule has 0 saturated carbocycles. The highest BCUT2D eigenvalue weighted by atomic mass is 16.5. The van der Waals surface area contributed by atoms with Gasteiger partial charge < -0.3 is 19.6 Å². The summed E-state index contributed by atoms with van der Waals surface area (Å²) in [6, 6.07) is 12.9. The molecule has 0 unspecified atom stereocenters. The minimum absolute atomic E-state index is 0.522. The van der Waals surface area contributed by atoms with Crippen molar-refractivity contribution in [1.82, 2.24) is 9.97 Å². The fourth-order valence-corrected chi connectivity index (χ4v) is 2.30. The highest BCUT2D eigenvalue weighted by Crippen LogP contribution is 2.34. The van der Waals surface area contributed by atoms with E-state index in [1.165, 1.54) is 0 Å². The number of nitrogens with zero attached hydrogens (tertiary/aromatic N) is 1. The minimum Gasteiger partial charge on any atom is -0.455 e. The predicted molar refractivity (Wildman–Crippen MR) is 90.6 cm³/mol. The number of aromatic amines is 2. The van der Waals surface area contributed by atoms with Gasteiger partial charge in [0.25, 0.3) is 0 Å². The third-order valence-electron chi connectivity index (χ3n) is 3.66. The number of hydrogen-bond acceptors (Lipinski definition) is 4. The van der Waals surface area contributed by atoms with Gasteiger partial charge in [-0.15, -0.1) is 0 Å². The number of aromatic nitrogens is 2. The molecule has 3 rings (SSSR count). The summed E-state index contributed by atoms with van der Waals surface area (Å²) in [6.07, 6.45) is 0.